The zero-order valence-corrected chi connectivity index (χ0v) is 17.8. The molecule has 1 N–H and O–H groups in total. The second kappa shape index (κ2) is 9.12. The second-order valence-electron chi connectivity index (χ2n) is 8.26. The van der Waals surface area contributed by atoms with Crippen LogP contribution in [0.5, 0.6) is 0 Å². The number of nitrogens with one attached hydrogen (secondary N) is 1. The fraction of sp³-hybridized carbons (Fsp3) is 0.667. The van der Waals surface area contributed by atoms with Gasteiger partial charge in [-0.2, -0.15) is 4.31 Å². The van der Waals surface area contributed by atoms with E-state index >= 15 is 0 Å². The number of ether oxygens (including phenoxy) is 1. The largest absolute Gasteiger partial charge is 0.376 e. The lowest BCUT2D eigenvalue weighted by molar-refractivity contribution is -0.123. The number of carbonyl (C=O) groups is 1. The first kappa shape index (κ1) is 20.8. The Hall–Kier alpha value is -1.48. The zero-order valence-electron chi connectivity index (χ0n) is 16.9. The first-order valence-electron chi connectivity index (χ1n) is 10.7. The third-order valence-corrected chi connectivity index (χ3v) is 8.10. The Bertz CT molecular complexity index is 828. The Morgan fingerprint density at radius 3 is 2.55 bits per heavy atom. The summed E-state index contributed by atoms with van der Waals surface area (Å²) < 4.78 is 33.2. The molecule has 0 spiro atoms. The summed E-state index contributed by atoms with van der Waals surface area (Å²) >= 11 is 0. The van der Waals surface area contributed by atoms with Gasteiger partial charge >= 0.3 is 0 Å². The number of hydrogen-bond donors (Lipinski definition) is 1. The van der Waals surface area contributed by atoms with Crippen molar-refractivity contribution >= 4 is 15.9 Å². The van der Waals surface area contributed by atoms with E-state index in [0.717, 1.165) is 38.7 Å². The van der Waals surface area contributed by atoms with Gasteiger partial charge in [-0.25, -0.2) is 8.42 Å². The summed E-state index contributed by atoms with van der Waals surface area (Å²) in [5.74, 6) is -0.0218. The summed E-state index contributed by atoms with van der Waals surface area (Å²) in [5, 5.41) is 2.93. The summed E-state index contributed by atoms with van der Waals surface area (Å²) in [6.07, 6.45) is 6.52. The maximum Gasteiger partial charge on any atom is 0.243 e. The number of sulfonamides is 1. The molecule has 2 heterocycles. The standard InChI is InChI=1S/C21H31N3O4S/c25-21(22-15-19-6-3-13-28-19)16-23-9-11-24(12-10-23)29(26,27)20-8-7-17-4-1-2-5-18(17)14-20/h7-8,14,19H,1-6,9-13,15-16H2,(H,22,25)/t19-/m0/s1. The van der Waals surface area contributed by atoms with E-state index in [1.54, 1.807) is 10.4 Å². The minimum atomic E-state index is -3.48. The molecule has 1 aromatic rings. The lowest BCUT2D eigenvalue weighted by Gasteiger charge is -2.33. The Morgan fingerprint density at radius 2 is 1.83 bits per heavy atom. The van der Waals surface area contributed by atoms with Crippen LogP contribution in [0.2, 0.25) is 0 Å². The van der Waals surface area contributed by atoms with Crippen LogP contribution in [0.3, 0.4) is 0 Å². The number of aryl methyl sites for hydroxylation is 2. The van der Waals surface area contributed by atoms with Crippen molar-refractivity contribution in [2.45, 2.75) is 49.5 Å². The highest BCUT2D eigenvalue weighted by atomic mass is 32.2. The number of fused-ring (bicyclic) bond motifs is 1. The van der Waals surface area contributed by atoms with E-state index in [-0.39, 0.29) is 12.0 Å². The van der Waals surface area contributed by atoms with Crippen LogP contribution in [-0.2, 0) is 32.4 Å². The lowest BCUT2D eigenvalue weighted by Crippen LogP contribution is -2.51. The molecule has 0 radical (unpaired) electrons. The minimum absolute atomic E-state index is 0.0218. The van der Waals surface area contributed by atoms with Gasteiger partial charge in [-0.15, -0.1) is 0 Å². The van der Waals surface area contributed by atoms with Crippen molar-refractivity contribution in [1.82, 2.24) is 14.5 Å². The Morgan fingerprint density at radius 1 is 1.07 bits per heavy atom. The van der Waals surface area contributed by atoms with Crippen LogP contribution < -0.4 is 5.32 Å². The van der Waals surface area contributed by atoms with E-state index in [1.165, 1.54) is 17.5 Å². The molecule has 2 aliphatic heterocycles. The van der Waals surface area contributed by atoms with E-state index in [1.807, 2.05) is 17.0 Å². The summed E-state index contributed by atoms with van der Waals surface area (Å²) in [4.78, 5) is 14.6. The molecule has 0 saturated carbocycles. The molecule has 2 saturated heterocycles. The monoisotopic (exact) mass is 421 g/mol. The molecule has 160 valence electrons. The summed E-state index contributed by atoms with van der Waals surface area (Å²) in [7, 11) is -3.48. The van der Waals surface area contributed by atoms with Gasteiger partial charge in [-0.05, 0) is 61.8 Å². The number of rotatable bonds is 6. The maximum atomic E-state index is 13.1. The van der Waals surface area contributed by atoms with Gasteiger partial charge in [0.15, 0.2) is 0 Å². The van der Waals surface area contributed by atoms with Crippen molar-refractivity contribution in [3.8, 4) is 0 Å². The Kier molecular flexibility index (Phi) is 6.53. The molecular weight excluding hydrogens is 390 g/mol. The Balaban J connectivity index is 1.28. The van der Waals surface area contributed by atoms with Crippen molar-refractivity contribution in [2.24, 2.45) is 0 Å². The van der Waals surface area contributed by atoms with Crippen LogP contribution in [0.25, 0.3) is 0 Å². The van der Waals surface area contributed by atoms with Crippen molar-refractivity contribution < 1.29 is 17.9 Å². The van der Waals surface area contributed by atoms with Crippen molar-refractivity contribution in [3.63, 3.8) is 0 Å². The zero-order chi connectivity index (χ0) is 20.3. The van der Waals surface area contributed by atoms with Crippen LogP contribution in [0.15, 0.2) is 23.1 Å². The minimum Gasteiger partial charge on any atom is -0.376 e. The second-order valence-corrected chi connectivity index (χ2v) is 10.2. The third-order valence-electron chi connectivity index (χ3n) is 6.21. The summed E-state index contributed by atoms with van der Waals surface area (Å²) in [6, 6.07) is 5.61. The molecule has 0 bridgehead atoms. The molecule has 0 aromatic heterocycles. The molecule has 29 heavy (non-hydrogen) atoms. The van der Waals surface area contributed by atoms with E-state index in [4.69, 9.17) is 4.74 Å². The quantitative estimate of drug-likeness (QED) is 0.746. The number of benzene rings is 1. The smallest absolute Gasteiger partial charge is 0.243 e. The van der Waals surface area contributed by atoms with Gasteiger partial charge in [-0.1, -0.05) is 6.07 Å². The maximum absolute atomic E-state index is 13.1. The number of hydrogen-bond acceptors (Lipinski definition) is 5. The van der Waals surface area contributed by atoms with Crippen LogP contribution >= 0.6 is 0 Å². The highest BCUT2D eigenvalue weighted by molar-refractivity contribution is 7.89. The number of carbonyl (C=O) groups excluding carboxylic acids is 1. The van der Waals surface area contributed by atoms with Gasteiger partial charge in [0.1, 0.15) is 0 Å². The molecule has 1 atom stereocenters. The fourth-order valence-corrected chi connectivity index (χ4v) is 5.91. The van der Waals surface area contributed by atoms with Crippen molar-refractivity contribution in [3.05, 3.63) is 29.3 Å². The number of amides is 1. The SMILES string of the molecule is O=C(CN1CCN(S(=O)(=O)c2ccc3c(c2)CCCC3)CC1)NC[C@@H]1CCCO1. The van der Waals surface area contributed by atoms with E-state index in [9.17, 15) is 13.2 Å². The third kappa shape index (κ3) is 4.99. The average Bonchev–Trinajstić information content (AvgIpc) is 3.26. The van der Waals surface area contributed by atoms with Crippen LogP contribution in [0.1, 0.15) is 36.8 Å². The van der Waals surface area contributed by atoms with Gasteiger partial charge in [0, 0.05) is 39.3 Å². The molecule has 3 aliphatic rings. The van der Waals surface area contributed by atoms with Crippen LogP contribution in [-0.4, -0.2) is 75.5 Å². The van der Waals surface area contributed by atoms with Crippen LogP contribution in [0.4, 0.5) is 0 Å². The number of piperazine rings is 1. The van der Waals surface area contributed by atoms with E-state index < -0.39 is 10.0 Å². The predicted octanol–water partition coefficient (Wildman–Crippen LogP) is 1.17. The molecule has 4 rings (SSSR count). The summed E-state index contributed by atoms with van der Waals surface area (Å²) in [5.41, 5.74) is 2.47. The van der Waals surface area contributed by atoms with Gasteiger partial charge in [-0.3, -0.25) is 9.69 Å². The Labute approximate surface area is 173 Å². The van der Waals surface area contributed by atoms with E-state index in [2.05, 4.69) is 5.32 Å². The van der Waals surface area contributed by atoms with Gasteiger partial charge in [0.05, 0.1) is 17.5 Å². The molecule has 2 fully saturated rings. The molecular formula is C21H31N3O4S. The molecule has 1 aromatic carbocycles. The molecule has 7 nitrogen and oxygen atoms in total. The number of nitrogens with zero attached hydrogens (tertiary/aromatic N) is 2. The van der Waals surface area contributed by atoms with Crippen molar-refractivity contribution in [2.75, 3.05) is 45.9 Å². The van der Waals surface area contributed by atoms with Crippen molar-refractivity contribution in [1.29, 1.82) is 0 Å². The normalized spacial score (nSPS) is 23.7. The van der Waals surface area contributed by atoms with Gasteiger partial charge in [0.25, 0.3) is 0 Å². The molecule has 1 amide bonds. The summed E-state index contributed by atoms with van der Waals surface area (Å²) in [6.45, 7) is 3.61. The molecule has 0 unspecified atom stereocenters. The highest BCUT2D eigenvalue weighted by Gasteiger charge is 2.30. The first-order chi connectivity index (χ1) is 14.0. The van der Waals surface area contributed by atoms with Gasteiger partial charge < -0.3 is 10.1 Å². The fourth-order valence-electron chi connectivity index (χ4n) is 4.44. The van der Waals surface area contributed by atoms with Gasteiger partial charge in [0.2, 0.25) is 15.9 Å². The van der Waals surface area contributed by atoms with Crippen LogP contribution in [0, 0.1) is 0 Å². The average molecular weight is 422 g/mol. The predicted molar refractivity (Wildman–Crippen MR) is 110 cm³/mol. The van der Waals surface area contributed by atoms with E-state index in [0.29, 0.717) is 44.2 Å². The molecule has 8 heteroatoms. The topological polar surface area (TPSA) is 79.0 Å². The highest BCUT2D eigenvalue weighted by Crippen LogP contribution is 2.26. The first-order valence-corrected chi connectivity index (χ1v) is 12.2. The molecule has 1 aliphatic carbocycles. The lowest BCUT2D eigenvalue weighted by atomic mass is 9.92.